The molecule has 0 amide bonds. The van der Waals surface area contributed by atoms with Crippen LogP contribution < -0.4 is 10.5 Å². The average molecular weight is 193 g/mol. The highest BCUT2D eigenvalue weighted by molar-refractivity contribution is 5.29. The van der Waals surface area contributed by atoms with Gasteiger partial charge in [0.05, 0.1) is 13.2 Å². The molecule has 76 valence electrons. The molecule has 1 aromatic carbocycles. The van der Waals surface area contributed by atoms with E-state index < -0.39 is 0 Å². The highest BCUT2D eigenvalue weighted by atomic mass is 16.6. The summed E-state index contributed by atoms with van der Waals surface area (Å²) >= 11 is 0. The molecular weight excluding hydrogens is 178 g/mol. The molecule has 3 nitrogen and oxygen atoms in total. The maximum atomic E-state index is 5.74. The fourth-order valence-corrected chi connectivity index (χ4v) is 1.32. The van der Waals surface area contributed by atoms with Crippen LogP contribution in [0.4, 0.5) is 0 Å². The molecule has 3 heteroatoms. The first-order chi connectivity index (χ1) is 6.75. The van der Waals surface area contributed by atoms with Crippen LogP contribution in [0.1, 0.15) is 18.5 Å². The Balaban J connectivity index is 1.98. The van der Waals surface area contributed by atoms with Gasteiger partial charge in [-0.15, -0.1) is 0 Å². The lowest BCUT2D eigenvalue weighted by Gasteiger charge is -2.26. The zero-order valence-corrected chi connectivity index (χ0v) is 8.27. The van der Waals surface area contributed by atoms with Crippen molar-refractivity contribution in [2.45, 2.75) is 19.1 Å². The average Bonchev–Trinajstić information content (AvgIpc) is 2.12. The van der Waals surface area contributed by atoms with Crippen molar-refractivity contribution in [2.75, 3.05) is 13.2 Å². The van der Waals surface area contributed by atoms with Gasteiger partial charge in [-0.05, 0) is 24.6 Å². The number of rotatable bonds is 3. The first-order valence-electron chi connectivity index (χ1n) is 4.85. The van der Waals surface area contributed by atoms with Crippen molar-refractivity contribution in [3.8, 4) is 5.75 Å². The quantitative estimate of drug-likeness (QED) is 0.790. The Kier molecular flexibility index (Phi) is 2.70. The van der Waals surface area contributed by atoms with Crippen LogP contribution in [-0.2, 0) is 4.74 Å². The number of hydrogen-bond acceptors (Lipinski definition) is 3. The first kappa shape index (κ1) is 9.49. The van der Waals surface area contributed by atoms with Gasteiger partial charge in [0.1, 0.15) is 11.9 Å². The molecule has 1 aromatic rings. The summed E-state index contributed by atoms with van der Waals surface area (Å²) in [5, 5.41) is 0. The van der Waals surface area contributed by atoms with Gasteiger partial charge in [0.15, 0.2) is 0 Å². The van der Waals surface area contributed by atoms with Crippen LogP contribution >= 0.6 is 0 Å². The summed E-state index contributed by atoms with van der Waals surface area (Å²) < 4.78 is 10.6. The molecule has 0 spiro atoms. The molecule has 2 N–H and O–H groups in total. The smallest absolute Gasteiger partial charge is 0.145 e. The number of ether oxygens (including phenoxy) is 2. The molecule has 1 saturated heterocycles. The minimum absolute atomic E-state index is 0.0797. The van der Waals surface area contributed by atoms with Crippen LogP contribution in [-0.4, -0.2) is 19.3 Å². The zero-order chi connectivity index (χ0) is 9.97. The van der Waals surface area contributed by atoms with Crippen LogP contribution in [0.2, 0.25) is 0 Å². The van der Waals surface area contributed by atoms with Crippen LogP contribution in [0, 0.1) is 0 Å². The Bertz CT molecular complexity index is 291. The van der Waals surface area contributed by atoms with E-state index in [4.69, 9.17) is 15.2 Å². The highest BCUT2D eigenvalue weighted by Gasteiger charge is 2.19. The SMILES string of the molecule is C[C@@H](N)c1ccc(OC2COC2)cc1. The second kappa shape index (κ2) is 3.98. The van der Waals surface area contributed by atoms with Gasteiger partial charge in [0, 0.05) is 6.04 Å². The molecule has 1 fully saturated rings. The summed E-state index contributed by atoms with van der Waals surface area (Å²) in [6.07, 6.45) is 0.233. The third kappa shape index (κ3) is 2.05. The van der Waals surface area contributed by atoms with Crippen molar-refractivity contribution in [1.82, 2.24) is 0 Å². The number of benzene rings is 1. The second-order valence-corrected chi connectivity index (χ2v) is 3.64. The zero-order valence-electron chi connectivity index (χ0n) is 8.27. The fraction of sp³-hybridized carbons (Fsp3) is 0.455. The standard InChI is InChI=1S/C11H15NO2/c1-8(12)9-2-4-10(5-3-9)14-11-6-13-7-11/h2-5,8,11H,6-7,12H2,1H3/t8-/m1/s1. The largest absolute Gasteiger partial charge is 0.486 e. The summed E-state index contributed by atoms with van der Waals surface area (Å²) in [5.74, 6) is 0.891. The molecule has 0 aliphatic carbocycles. The van der Waals surface area contributed by atoms with Gasteiger partial charge in [0.25, 0.3) is 0 Å². The minimum Gasteiger partial charge on any atom is -0.486 e. The van der Waals surface area contributed by atoms with E-state index in [1.165, 1.54) is 0 Å². The van der Waals surface area contributed by atoms with E-state index in [1.807, 2.05) is 31.2 Å². The number of nitrogens with two attached hydrogens (primary N) is 1. The van der Waals surface area contributed by atoms with Gasteiger partial charge >= 0.3 is 0 Å². The van der Waals surface area contributed by atoms with Gasteiger partial charge in [-0.3, -0.25) is 0 Å². The lowest BCUT2D eigenvalue weighted by molar-refractivity contribution is -0.0796. The van der Waals surface area contributed by atoms with Crippen LogP contribution in [0.25, 0.3) is 0 Å². The van der Waals surface area contributed by atoms with Gasteiger partial charge in [-0.1, -0.05) is 12.1 Å². The maximum Gasteiger partial charge on any atom is 0.145 e. The monoisotopic (exact) mass is 193 g/mol. The van der Waals surface area contributed by atoms with Gasteiger partial charge in [-0.2, -0.15) is 0 Å². The lowest BCUT2D eigenvalue weighted by atomic mass is 10.1. The Morgan fingerprint density at radius 1 is 1.36 bits per heavy atom. The third-order valence-electron chi connectivity index (χ3n) is 2.32. The third-order valence-corrected chi connectivity index (χ3v) is 2.32. The summed E-state index contributed by atoms with van der Waals surface area (Å²) in [7, 11) is 0. The van der Waals surface area contributed by atoms with Gasteiger partial charge < -0.3 is 15.2 Å². The van der Waals surface area contributed by atoms with Crippen molar-refractivity contribution in [1.29, 1.82) is 0 Å². The van der Waals surface area contributed by atoms with E-state index in [0.29, 0.717) is 13.2 Å². The lowest BCUT2D eigenvalue weighted by Crippen LogP contribution is -2.38. The van der Waals surface area contributed by atoms with Crippen molar-refractivity contribution < 1.29 is 9.47 Å². The molecule has 0 unspecified atom stereocenters. The van der Waals surface area contributed by atoms with E-state index in [1.54, 1.807) is 0 Å². The molecule has 1 aliphatic rings. The molecule has 0 bridgehead atoms. The molecule has 14 heavy (non-hydrogen) atoms. The van der Waals surface area contributed by atoms with Crippen LogP contribution in [0.3, 0.4) is 0 Å². The summed E-state index contributed by atoms with van der Waals surface area (Å²) in [5.41, 5.74) is 6.87. The van der Waals surface area contributed by atoms with E-state index in [9.17, 15) is 0 Å². The summed E-state index contributed by atoms with van der Waals surface area (Å²) in [6.45, 7) is 3.37. The molecule has 1 atom stereocenters. The predicted octanol–water partition coefficient (Wildman–Crippen LogP) is 1.48. The molecule has 0 saturated carbocycles. The Labute approximate surface area is 83.8 Å². The molecular formula is C11H15NO2. The normalized spacial score (nSPS) is 18.7. The Morgan fingerprint density at radius 2 is 2.00 bits per heavy atom. The Hall–Kier alpha value is -1.06. The first-order valence-corrected chi connectivity index (χ1v) is 4.85. The Morgan fingerprint density at radius 3 is 2.43 bits per heavy atom. The summed E-state index contributed by atoms with van der Waals surface area (Å²) in [6, 6.07) is 7.99. The van der Waals surface area contributed by atoms with Gasteiger partial charge in [-0.25, -0.2) is 0 Å². The molecule has 2 rings (SSSR count). The molecule has 1 heterocycles. The maximum absolute atomic E-state index is 5.74. The van der Waals surface area contributed by atoms with E-state index >= 15 is 0 Å². The second-order valence-electron chi connectivity index (χ2n) is 3.64. The van der Waals surface area contributed by atoms with Crippen molar-refractivity contribution in [3.63, 3.8) is 0 Å². The van der Waals surface area contributed by atoms with Gasteiger partial charge in [0.2, 0.25) is 0 Å². The molecule has 0 radical (unpaired) electrons. The van der Waals surface area contributed by atoms with Crippen molar-refractivity contribution >= 4 is 0 Å². The minimum atomic E-state index is 0.0797. The highest BCUT2D eigenvalue weighted by Crippen LogP contribution is 2.18. The predicted molar refractivity (Wildman–Crippen MR) is 54.3 cm³/mol. The van der Waals surface area contributed by atoms with Crippen LogP contribution in [0.5, 0.6) is 5.75 Å². The van der Waals surface area contributed by atoms with E-state index in [0.717, 1.165) is 11.3 Å². The van der Waals surface area contributed by atoms with Crippen molar-refractivity contribution in [2.24, 2.45) is 5.73 Å². The molecule has 1 aliphatic heterocycles. The fourth-order valence-electron chi connectivity index (χ4n) is 1.32. The van der Waals surface area contributed by atoms with E-state index in [2.05, 4.69) is 0 Å². The topological polar surface area (TPSA) is 44.5 Å². The van der Waals surface area contributed by atoms with E-state index in [-0.39, 0.29) is 12.1 Å². The number of hydrogen-bond donors (Lipinski definition) is 1. The van der Waals surface area contributed by atoms with Crippen molar-refractivity contribution in [3.05, 3.63) is 29.8 Å². The summed E-state index contributed by atoms with van der Waals surface area (Å²) in [4.78, 5) is 0. The van der Waals surface area contributed by atoms with Crippen LogP contribution in [0.15, 0.2) is 24.3 Å². The molecule has 0 aromatic heterocycles.